The van der Waals surface area contributed by atoms with Gasteiger partial charge in [0.15, 0.2) is 5.82 Å². The second-order valence-electron chi connectivity index (χ2n) is 5.82. The molecule has 2 aromatic carbocycles. The lowest BCUT2D eigenvalue weighted by molar-refractivity contribution is 0.102. The van der Waals surface area contributed by atoms with Gasteiger partial charge in [-0.25, -0.2) is 4.79 Å². The molecule has 0 aliphatic carbocycles. The zero-order chi connectivity index (χ0) is 20.1. The molecule has 28 heavy (non-hydrogen) atoms. The number of carbonyl (C=O) groups is 2. The van der Waals surface area contributed by atoms with Gasteiger partial charge in [-0.1, -0.05) is 65.7 Å². The van der Waals surface area contributed by atoms with Crippen LogP contribution in [0.15, 0.2) is 54.6 Å². The van der Waals surface area contributed by atoms with Crippen molar-refractivity contribution >= 4 is 41.0 Å². The number of nitrogens with zero attached hydrogens (tertiary/aromatic N) is 1. The topological polar surface area (TPSA) is 96.1 Å². The van der Waals surface area contributed by atoms with E-state index in [2.05, 4.69) is 20.8 Å². The lowest BCUT2D eigenvalue weighted by atomic mass is 10.1. The van der Waals surface area contributed by atoms with Gasteiger partial charge >= 0.3 is 6.09 Å². The third-order valence-corrected chi connectivity index (χ3v) is 4.54. The Labute approximate surface area is 171 Å². The number of H-pyrrole nitrogens is 1. The van der Waals surface area contributed by atoms with E-state index in [4.69, 9.17) is 27.9 Å². The van der Waals surface area contributed by atoms with E-state index >= 15 is 0 Å². The van der Waals surface area contributed by atoms with Crippen LogP contribution in [-0.2, 0) is 0 Å². The van der Waals surface area contributed by atoms with E-state index in [9.17, 15) is 9.59 Å². The Morgan fingerprint density at radius 1 is 1.07 bits per heavy atom. The van der Waals surface area contributed by atoms with Crippen LogP contribution in [0, 0.1) is 0 Å². The van der Waals surface area contributed by atoms with Gasteiger partial charge in [-0.2, -0.15) is 0 Å². The maximum absolute atomic E-state index is 12.3. The van der Waals surface area contributed by atoms with Crippen molar-refractivity contribution in [3.05, 3.63) is 75.8 Å². The van der Waals surface area contributed by atoms with Crippen molar-refractivity contribution in [1.82, 2.24) is 15.5 Å². The van der Waals surface area contributed by atoms with Crippen molar-refractivity contribution in [2.24, 2.45) is 0 Å². The van der Waals surface area contributed by atoms with Gasteiger partial charge in [0.05, 0.1) is 16.6 Å². The summed E-state index contributed by atoms with van der Waals surface area (Å²) in [6, 6.07) is 15.7. The second-order valence-corrected chi connectivity index (χ2v) is 6.60. The van der Waals surface area contributed by atoms with Crippen molar-refractivity contribution in [1.29, 1.82) is 0 Å². The van der Waals surface area contributed by atoms with E-state index < -0.39 is 12.0 Å². The molecule has 0 saturated carbocycles. The summed E-state index contributed by atoms with van der Waals surface area (Å²) in [6.45, 7) is 1.82. The van der Waals surface area contributed by atoms with Crippen LogP contribution in [0.2, 0.25) is 10.0 Å². The van der Waals surface area contributed by atoms with Crippen molar-refractivity contribution in [2.75, 3.05) is 5.32 Å². The Morgan fingerprint density at radius 3 is 2.46 bits per heavy atom. The quantitative estimate of drug-likeness (QED) is 0.553. The summed E-state index contributed by atoms with van der Waals surface area (Å²) >= 11 is 12.1. The average molecular weight is 419 g/mol. The highest BCUT2D eigenvalue weighted by atomic mass is 35.5. The molecular formula is C19H16Cl2N4O3. The molecule has 0 aliphatic heterocycles. The smallest absolute Gasteiger partial charge is 0.388 e. The molecule has 0 saturated heterocycles. The number of halogens is 2. The number of rotatable bonds is 5. The fraction of sp³-hybridized carbons (Fsp3) is 0.105. The predicted octanol–water partition coefficient (Wildman–Crippen LogP) is 4.82. The van der Waals surface area contributed by atoms with Crippen LogP contribution in [0.4, 0.5) is 10.6 Å². The van der Waals surface area contributed by atoms with E-state index in [0.29, 0.717) is 5.02 Å². The first-order valence-corrected chi connectivity index (χ1v) is 9.04. The van der Waals surface area contributed by atoms with Gasteiger partial charge in [-0.3, -0.25) is 9.89 Å². The summed E-state index contributed by atoms with van der Waals surface area (Å²) < 4.78 is 5.13. The number of carbonyl (C=O) groups excluding carboxylic acids is 2. The van der Waals surface area contributed by atoms with E-state index in [1.807, 2.05) is 37.3 Å². The fourth-order valence-corrected chi connectivity index (χ4v) is 2.80. The number of ether oxygens (including phenoxy) is 1. The fourth-order valence-electron chi connectivity index (χ4n) is 2.41. The van der Waals surface area contributed by atoms with E-state index in [1.165, 1.54) is 0 Å². The molecule has 0 fully saturated rings. The molecule has 1 aromatic heterocycles. The Kier molecular flexibility index (Phi) is 6.18. The van der Waals surface area contributed by atoms with Gasteiger partial charge in [0, 0.05) is 0 Å². The molecule has 3 rings (SSSR count). The Bertz CT molecular complexity index is 992. The molecule has 9 heteroatoms. The van der Waals surface area contributed by atoms with Crippen molar-refractivity contribution in [3.63, 3.8) is 0 Å². The lowest BCUT2D eigenvalue weighted by Gasteiger charge is -2.13. The van der Waals surface area contributed by atoms with Gasteiger partial charge in [0.1, 0.15) is 5.02 Å². The van der Waals surface area contributed by atoms with Crippen LogP contribution in [0.5, 0.6) is 5.88 Å². The predicted molar refractivity (Wildman–Crippen MR) is 107 cm³/mol. The van der Waals surface area contributed by atoms with Crippen LogP contribution in [0.1, 0.15) is 28.9 Å². The van der Waals surface area contributed by atoms with Crippen LogP contribution in [-0.4, -0.2) is 22.2 Å². The maximum Gasteiger partial charge on any atom is 0.414 e. The highest BCUT2D eigenvalue weighted by molar-refractivity contribution is 6.36. The molecule has 0 unspecified atom stereocenters. The van der Waals surface area contributed by atoms with Gasteiger partial charge in [-0.05, 0) is 24.6 Å². The molecular weight excluding hydrogens is 403 g/mol. The van der Waals surface area contributed by atoms with Crippen molar-refractivity contribution < 1.29 is 14.3 Å². The first-order valence-electron chi connectivity index (χ1n) is 8.28. The number of amides is 2. The lowest BCUT2D eigenvalue weighted by Crippen LogP contribution is -2.29. The van der Waals surface area contributed by atoms with E-state index in [-0.39, 0.29) is 28.3 Å². The minimum Gasteiger partial charge on any atom is -0.388 e. The Morgan fingerprint density at radius 2 is 1.75 bits per heavy atom. The molecule has 0 radical (unpaired) electrons. The number of nitrogens with one attached hydrogen (secondary N) is 3. The van der Waals surface area contributed by atoms with E-state index in [1.54, 1.807) is 24.3 Å². The van der Waals surface area contributed by atoms with Crippen LogP contribution < -0.4 is 15.4 Å². The minimum atomic E-state index is -0.728. The van der Waals surface area contributed by atoms with E-state index in [0.717, 1.165) is 5.56 Å². The van der Waals surface area contributed by atoms with Crippen molar-refractivity contribution in [3.8, 4) is 5.88 Å². The van der Waals surface area contributed by atoms with Crippen LogP contribution in [0.3, 0.4) is 0 Å². The SMILES string of the molecule is C[C@@H](NC(=O)Oc1n[nH]c(NC(=O)c2ccccc2Cl)c1Cl)c1ccccc1. The number of benzene rings is 2. The maximum atomic E-state index is 12.3. The number of anilines is 1. The van der Waals surface area contributed by atoms with Crippen molar-refractivity contribution in [2.45, 2.75) is 13.0 Å². The third-order valence-electron chi connectivity index (χ3n) is 3.86. The Balaban J connectivity index is 1.63. The third kappa shape index (κ3) is 4.62. The molecule has 2 amide bonds. The number of aromatic nitrogens is 2. The zero-order valence-electron chi connectivity index (χ0n) is 14.7. The number of hydrogen-bond acceptors (Lipinski definition) is 4. The minimum absolute atomic E-state index is 0.0390. The normalized spacial score (nSPS) is 11.5. The largest absolute Gasteiger partial charge is 0.414 e. The summed E-state index contributed by atoms with van der Waals surface area (Å²) in [5, 5.41) is 11.8. The average Bonchev–Trinajstić information content (AvgIpc) is 3.02. The molecule has 3 N–H and O–H groups in total. The molecule has 0 bridgehead atoms. The molecule has 1 atom stereocenters. The summed E-state index contributed by atoms with van der Waals surface area (Å²) in [6.07, 6.45) is -0.728. The highest BCUT2D eigenvalue weighted by Crippen LogP contribution is 2.30. The highest BCUT2D eigenvalue weighted by Gasteiger charge is 2.20. The monoisotopic (exact) mass is 418 g/mol. The zero-order valence-corrected chi connectivity index (χ0v) is 16.2. The molecule has 144 valence electrons. The van der Waals surface area contributed by atoms with Gasteiger partial charge in [-0.15, -0.1) is 5.10 Å². The van der Waals surface area contributed by atoms with Gasteiger partial charge < -0.3 is 15.4 Å². The molecule has 0 spiro atoms. The van der Waals surface area contributed by atoms with Gasteiger partial charge in [0.25, 0.3) is 11.8 Å². The first kappa shape index (κ1) is 19.7. The first-order chi connectivity index (χ1) is 13.5. The molecule has 7 nitrogen and oxygen atoms in total. The molecule has 0 aliphatic rings. The molecule has 3 aromatic rings. The summed E-state index contributed by atoms with van der Waals surface area (Å²) in [7, 11) is 0. The second kappa shape index (κ2) is 8.77. The van der Waals surface area contributed by atoms with Crippen LogP contribution in [0.25, 0.3) is 0 Å². The summed E-state index contributed by atoms with van der Waals surface area (Å²) in [5.41, 5.74) is 1.19. The molecule has 1 heterocycles. The standard InChI is InChI=1S/C19H16Cl2N4O3/c1-11(12-7-3-2-4-8-12)22-19(27)28-18-15(21)16(24-25-18)23-17(26)13-9-5-6-10-14(13)20/h2-11H,1H3,(H,22,27)(H2,23,24,25,26)/t11-/m1/s1. The van der Waals surface area contributed by atoms with Crippen LogP contribution >= 0.6 is 23.2 Å². The Hall–Kier alpha value is -3.03. The van der Waals surface area contributed by atoms with Gasteiger partial charge in [0.2, 0.25) is 0 Å². The summed E-state index contributed by atoms with van der Waals surface area (Å²) in [4.78, 5) is 24.4. The summed E-state index contributed by atoms with van der Waals surface area (Å²) in [5.74, 6) is -0.552. The number of hydrogen-bond donors (Lipinski definition) is 3. The number of aromatic amines is 1.